The zero-order valence-electron chi connectivity index (χ0n) is 17.5. The highest BCUT2D eigenvalue weighted by Gasteiger charge is 2.68. The van der Waals surface area contributed by atoms with E-state index in [1.54, 1.807) is 6.08 Å². The molecule has 0 spiro atoms. The molecule has 0 heterocycles. The van der Waals surface area contributed by atoms with Crippen molar-refractivity contribution in [2.24, 2.45) is 22.7 Å². The Hall–Kier alpha value is -2.05. The van der Waals surface area contributed by atoms with Gasteiger partial charge in [-0.05, 0) is 60.1 Å². The maximum Gasteiger partial charge on any atom is 0.342 e. The van der Waals surface area contributed by atoms with E-state index in [2.05, 4.69) is 20.8 Å². The fourth-order valence-electron chi connectivity index (χ4n) is 6.35. The van der Waals surface area contributed by atoms with Crippen LogP contribution in [0.1, 0.15) is 56.0 Å². The Balaban J connectivity index is 1.64. The van der Waals surface area contributed by atoms with Gasteiger partial charge >= 0.3 is 5.97 Å². The van der Waals surface area contributed by atoms with Crippen molar-refractivity contribution in [2.75, 3.05) is 0 Å². The predicted molar refractivity (Wildman–Crippen MR) is 111 cm³/mol. The van der Waals surface area contributed by atoms with E-state index >= 15 is 0 Å². The molecule has 2 fully saturated rings. The number of halogens is 1. The van der Waals surface area contributed by atoms with Crippen LogP contribution in [0.15, 0.2) is 17.7 Å². The number of fused-ring (bicyclic) bond motifs is 3. The van der Waals surface area contributed by atoms with Crippen molar-refractivity contribution in [2.45, 2.75) is 58.7 Å². The molecule has 1 aromatic rings. The van der Waals surface area contributed by atoms with Gasteiger partial charge in [0, 0.05) is 12.0 Å². The van der Waals surface area contributed by atoms with Gasteiger partial charge in [-0.15, -0.1) is 0 Å². The number of hydrogen-bond acceptors (Lipinski definition) is 6. The highest BCUT2D eigenvalue weighted by Crippen LogP contribution is 2.68. The van der Waals surface area contributed by atoms with Crippen LogP contribution in [0.5, 0.6) is 11.5 Å². The monoisotopic (exact) mass is 434 g/mol. The van der Waals surface area contributed by atoms with E-state index < -0.39 is 23.4 Å². The lowest BCUT2D eigenvalue weighted by Gasteiger charge is -2.60. The van der Waals surface area contributed by atoms with Gasteiger partial charge in [0.05, 0.1) is 10.6 Å². The number of aromatic hydroxyl groups is 2. The van der Waals surface area contributed by atoms with Gasteiger partial charge in [0.1, 0.15) is 29.5 Å². The third kappa shape index (κ3) is 2.88. The predicted octanol–water partition coefficient (Wildman–Crippen LogP) is 3.92. The van der Waals surface area contributed by atoms with Crippen molar-refractivity contribution in [3.63, 3.8) is 0 Å². The molecular weight excluding hydrogens is 408 g/mol. The number of esters is 1. The minimum absolute atomic E-state index is 0.0254. The number of benzene rings is 1. The molecular formula is C23H27ClO6. The molecule has 4 rings (SSSR count). The van der Waals surface area contributed by atoms with E-state index in [9.17, 15) is 24.9 Å². The lowest BCUT2D eigenvalue weighted by atomic mass is 9.46. The Morgan fingerprint density at radius 3 is 2.53 bits per heavy atom. The standard InChI is InChI=1S/C23H27ClO6/c1-11-17(13(26)5-14(27)19(11)24)20(28)30-15-7-22(4)16-8-21(2,3)10-23(16,29)6-12(9-25)18(15)22/h5-6,9,15-16,18,26-27,29H,7-8,10H2,1-4H3/t15-,16?,18?,22-,23+/m1/s1. The summed E-state index contributed by atoms with van der Waals surface area (Å²) in [6, 6.07) is 1.01. The van der Waals surface area contributed by atoms with Crippen molar-refractivity contribution >= 4 is 23.9 Å². The van der Waals surface area contributed by atoms with Crippen molar-refractivity contribution in [1.82, 2.24) is 0 Å². The van der Waals surface area contributed by atoms with Crippen LogP contribution in [-0.2, 0) is 9.53 Å². The average molecular weight is 435 g/mol. The molecule has 0 aliphatic heterocycles. The first-order valence-corrected chi connectivity index (χ1v) is 10.5. The van der Waals surface area contributed by atoms with E-state index in [1.165, 1.54) is 6.92 Å². The maximum atomic E-state index is 12.8. The molecule has 0 saturated heterocycles. The topological polar surface area (TPSA) is 104 Å². The number of rotatable bonds is 3. The summed E-state index contributed by atoms with van der Waals surface area (Å²) in [4.78, 5) is 24.7. The summed E-state index contributed by atoms with van der Waals surface area (Å²) in [6.07, 6.45) is 3.82. The van der Waals surface area contributed by atoms with E-state index in [1.807, 2.05) is 0 Å². The molecule has 2 unspecified atom stereocenters. The summed E-state index contributed by atoms with van der Waals surface area (Å²) in [6.45, 7) is 7.80. The molecule has 2 saturated carbocycles. The minimum Gasteiger partial charge on any atom is -0.507 e. The van der Waals surface area contributed by atoms with Crippen LogP contribution in [0.25, 0.3) is 0 Å². The number of aliphatic hydroxyl groups is 1. The zero-order chi connectivity index (χ0) is 22.2. The second-order valence-corrected chi connectivity index (χ2v) is 10.6. The van der Waals surface area contributed by atoms with Crippen molar-refractivity contribution in [3.8, 4) is 11.5 Å². The molecule has 3 aliphatic rings. The van der Waals surface area contributed by atoms with Gasteiger partial charge in [-0.1, -0.05) is 32.4 Å². The zero-order valence-corrected chi connectivity index (χ0v) is 18.3. The number of carbonyl (C=O) groups is 2. The molecule has 0 bridgehead atoms. The highest BCUT2D eigenvalue weighted by molar-refractivity contribution is 6.33. The van der Waals surface area contributed by atoms with Gasteiger partial charge in [0.25, 0.3) is 0 Å². The highest BCUT2D eigenvalue weighted by atomic mass is 35.5. The normalized spacial score (nSPS) is 36.2. The quantitative estimate of drug-likeness (QED) is 0.492. The first-order valence-electron chi connectivity index (χ1n) is 10.2. The Bertz CT molecular complexity index is 982. The van der Waals surface area contributed by atoms with Crippen LogP contribution >= 0.6 is 11.6 Å². The summed E-state index contributed by atoms with van der Waals surface area (Å²) >= 11 is 6.01. The second kappa shape index (κ2) is 6.47. The van der Waals surface area contributed by atoms with E-state index in [4.69, 9.17) is 16.3 Å². The lowest BCUT2D eigenvalue weighted by Crippen LogP contribution is -2.62. The fourth-order valence-corrected chi connectivity index (χ4v) is 6.50. The number of ether oxygens (including phenoxy) is 1. The molecule has 3 aliphatic carbocycles. The largest absolute Gasteiger partial charge is 0.507 e. The smallest absolute Gasteiger partial charge is 0.342 e. The minimum atomic E-state index is -1.03. The van der Waals surface area contributed by atoms with Gasteiger partial charge < -0.3 is 20.1 Å². The van der Waals surface area contributed by atoms with E-state index in [0.29, 0.717) is 18.4 Å². The van der Waals surface area contributed by atoms with Crippen LogP contribution in [0.3, 0.4) is 0 Å². The number of carbonyl (C=O) groups excluding carboxylic acids is 2. The fraction of sp³-hybridized carbons (Fsp3) is 0.565. The van der Waals surface area contributed by atoms with Gasteiger partial charge in [-0.25, -0.2) is 4.79 Å². The third-order valence-corrected chi connectivity index (χ3v) is 7.95. The SMILES string of the molecule is Cc1c(Cl)c(O)cc(O)c1C(=O)O[C@@H]1C[C@@]2(C)C1C(C=O)=C[C@]1(O)CC(C)(C)CC21. The third-order valence-electron chi connectivity index (χ3n) is 7.47. The van der Waals surface area contributed by atoms with Crippen LogP contribution in [-0.4, -0.2) is 39.3 Å². The summed E-state index contributed by atoms with van der Waals surface area (Å²) in [7, 11) is 0. The van der Waals surface area contributed by atoms with Crippen molar-refractivity contribution in [1.29, 1.82) is 0 Å². The van der Waals surface area contributed by atoms with E-state index in [-0.39, 0.29) is 44.6 Å². The van der Waals surface area contributed by atoms with Crippen molar-refractivity contribution < 1.29 is 29.6 Å². The van der Waals surface area contributed by atoms with Gasteiger partial charge in [0.2, 0.25) is 0 Å². The Morgan fingerprint density at radius 1 is 1.23 bits per heavy atom. The molecule has 3 N–H and O–H groups in total. The lowest BCUT2D eigenvalue weighted by molar-refractivity contribution is -0.163. The molecule has 1 aromatic carbocycles. The number of phenols is 2. The van der Waals surface area contributed by atoms with Gasteiger partial charge in [0.15, 0.2) is 0 Å². The number of phenolic OH excluding ortho intramolecular Hbond substituents is 2. The molecule has 7 heteroatoms. The van der Waals surface area contributed by atoms with Crippen LogP contribution in [0.4, 0.5) is 0 Å². The van der Waals surface area contributed by atoms with Crippen molar-refractivity contribution in [3.05, 3.63) is 33.9 Å². The summed E-state index contributed by atoms with van der Waals surface area (Å²) in [5, 5.41) is 31.1. The molecule has 0 radical (unpaired) electrons. The molecule has 5 atom stereocenters. The first-order chi connectivity index (χ1) is 13.8. The molecule has 6 nitrogen and oxygen atoms in total. The van der Waals surface area contributed by atoms with Crippen LogP contribution in [0.2, 0.25) is 5.02 Å². The molecule has 162 valence electrons. The summed E-state index contributed by atoms with van der Waals surface area (Å²) < 4.78 is 5.71. The summed E-state index contributed by atoms with van der Waals surface area (Å²) in [5.74, 6) is -1.82. The Kier molecular flexibility index (Phi) is 4.57. The van der Waals surface area contributed by atoms with E-state index in [0.717, 1.165) is 18.8 Å². The van der Waals surface area contributed by atoms with Crippen LogP contribution < -0.4 is 0 Å². The Morgan fingerprint density at radius 2 is 1.90 bits per heavy atom. The van der Waals surface area contributed by atoms with Gasteiger partial charge in [-0.2, -0.15) is 0 Å². The Labute approximate surface area is 180 Å². The summed E-state index contributed by atoms with van der Waals surface area (Å²) in [5.41, 5.74) is -0.848. The molecule has 0 aromatic heterocycles. The van der Waals surface area contributed by atoms with Crippen LogP contribution in [0, 0.1) is 29.6 Å². The van der Waals surface area contributed by atoms with Gasteiger partial charge in [-0.3, -0.25) is 4.79 Å². The first kappa shape index (κ1) is 21.2. The number of aldehydes is 1. The second-order valence-electron chi connectivity index (χ2n) is 10.2. The number of hydrogen-bond donors (Lipinski definition) is 3. The maximum absolute atomic E-state index is 12.8. The average Bonchev–Trinajstić information content (AvgIpc) is 2.87. The molecule has 0 amide bonds. The molecule has 30 heavy (non-hydrogen) atoms.